The second-order valence-corrected chi connectivity index (χ2v) is 6.17. The van der Waals surface area contributed by atoms with Gasteiger partial charge in [-0.25, -0.2) is 0 Å². The molecule has 2 aromatic rings. The van der Waals surface area contributed by atoms with E-state index in [1.165, 1.54) is 4.90 Å². The molecule has 0 aliphatic carbocycles. The summed E-state index contributed by atoms with van der Waals surface area (Å²) in [5.41, 5.74) is 1.93. The number of benzene rings is 2. The molecule has 0 radical (unpaired) electrons. The Labute approximate surface area is 133 Å². The Balaban J connectivity index is 2.02. The first-order valence-corrected chi connectivity index (χ1v) is 8.01. The van der Waals surface area contributed by atoms with Gasteiger partial charge in [-0.3, -0.25) is 0 Å². The number of nitrogens with one attached hydrogen (secondary N) is 2. The Morgan fingerprint density at radius 2 is 1.80 bits per heavy atom. The van der Waals surface area contributed by atoms with Gasteiger partial charge in [0.1, 0.15) is 0 Å². The number of hydrogen-bond acceptors (Lipinski definition) is 2. The zero-order valence-electron chi connectivity index (χ0n) is 11.0. The van der Waals surface area contributed by atoms with E-state index in [-0.39, 0.29) is 0 Å². The van der Waals surface area contributed by atoms with Crippen molar-refractivity contribution >= 4 is 52.1 Å². The molecule has 0 aliphatic heterocycles. The van der Waals surface area contributed by atoms with E-state index in [2.05, 4.69) is 23.6 Å². The van der Waals surface area contributed by atoms with Crippen LogP contribution in [0.1, 0.15) is 6.92 Å². The predicted molar refractivity (Wildman–Crippen MR) is 94.1 cm³/mol. The van der Waals surface area contributed by atoms with Crippen LogP contribution in [-0.2, 0) is 0 Å². The van der Waals surface area contributed by atoms with Crippen LogP contribution in [0.2, 0.25) is 5.02 Å². The fourth-order valence-electron chi connectivity index (χ4n) is 1.67. The third-order valence-electron chi connectivity index (χ3n) is 2.54. The molecule has 0 fully saturated rings. The van der Waals surface area contributed by atoms with E-state index >= 15 is 0 Å². The Kier molecular flexibility index (Phi) is 5.71. The highest BCUT2D eigenvalue weighted by molar-refractivity contribution is 7.99. The third-order valence-corrected chi connectivity index (χ3v) is 3.95. The SMILES string of the molecule is CCSc1ccccc1NC(=S)Nc1ccc(Cl)cc1. The van der Waals surface area contributed by atoms with E-state index in [0.717, 1.165) is 17.1 Å². The molecule has 2 nitrogen and oxygen atoms in total. The second kappa shape index (κ2) is 7.53. The molecule has 2 N–H and O–H groups in total. The van der Waals surface area contributed by atoms with Crippen molar-refractivity contribution in [1.82, 2.24) is 0 Å². The van der Waals surface area contributed by atoms with Gasteiger partial charge in [0.15, 0.2) is 5.11 Å². The predicted octanol–water partition coefficient (Wildman–Crippen LogP) is 5.26. The van der Waals surface area contributed by atoms with Gasteiger partial charge in [-0.15, -0.1) is 11.8 Å². The zero-order chi connectivity index (χ0) is 14.4. The molecule has 0 amide bonds. The van der Waals surface area contributed by atoms with Crippen LogP contribution < -0.4 is 10.6 Å². The van der Waals surface area contributed by atoms with Gasteiger partial charge in [0.25, 0.3) is 0 Å². The van der Waals surface area contributed by atoms with E-state index in [9.17, 15) is 0 Å². The molecule has 0 saturated carbocycles. The van der Waals surface area contributed by atoms with Crippen LogP contribution in [0.4, 0.5) is 11.4 Å². The number of thiocarbonyl (C=S) groups is 1. The largest absolute Gasteiger partial charge is 0.332 e. The Morgan fingerprint density at radius 1 is 1.10 bits per heavy atom. The lowest BCUT2D eigenvalue weighted by molar-refractivity contribution is 1.41. The van der Waals surface area contributed by atoms with Gasteiger partial charge in [-0.2, -0.15) is 0 Å². The maximum absolute atomic E-state index is 5.85. The van der Waals surface area contributed by atoms with Gasteiger partial charge >= 0.3 is 0 Å². The van der Waals surface area contributed by atoms with Crippen molar-refractivity contribution in [3.8, 4) is 0 Å². The average Bonchev–Trinajstić information content (AvgIpc) is 2.44. The van der Waals surface area contributed by atoms with Gasteiger partial charge in [-0.05, 0) is 54.4 Å². The average molecular weight is 323 g/mol. The van der Waals surface area contributed by atoms with Crippen molar-refractivity contribution in [2.75, 3.05) is 16.4 Å². The van der Waals surface area contributed by atoms with E-state index in [0.29, 0.717) is 10.1 Å². The van der Waals surface area contributed by atoms with Crippen LogP contribution in [0.5, 0.6) is 0 Å². The van der Waals surface area contributed by atoms with Crippen LogP contribution in [0.25, 0.3) is 0 Å². The normalized spacial score (nSPS) is 10.1. The molecule has 0 saturated heterocycles. The van der Waals surface area contributed by atoms with Gasteiger partial charge in [0.05, 0.1) is 5.69 Å². The molecule has 0 heterocycles. The summed E-state index contributed by atoms with van der Waals surface area (Å²) in [6.45, 7) is 2.13. The van der Waals surface area contributed by atoms with E-state index in [4.69, 9.17) is 23.8 Å². The second-order valence-electron chi connectivity index (χ2n) is 4.02. The first-order valence-electron chi connectivity index (χ1n) is 6.24. The monoisotopic (exact) mass is 322 g/mol. The quantitative estimate of drug-likeness (QED) is 0.592. The van der Waals surface area contributed by atoms with Crippen molar-refractivity contribution in [3.05, 3.63) is 53.6 Å². The number of anilines is 2. The van der Waals surface area contributed by atoms with Crippen LogP contribution in [0, 0.1) is 0 Å². The minimum Gasteiger partial charge on any atom is -0.332 e. The van der Waals surface area contributed by atoms with E-state index < -0.39 is 0 Å². The van der Waals surface area contributed by atoms with Gasteiger partial charge in [0, 0.05) is 15.6 Å². The standard InChI is InChI=1S/C15H15ClN2S2/c1-2-20-14-6-4-3-5-13(14)18-15(19)17-12-9-7-11(16)8-10-12/h3-10H,2H2,1H3,(H2,17,18,19). The van der Waals surface area contributed by atoms with Crippen molar-refractivity contribution in [3.63, 3.8) is 0 Å². The smallest absolute Gasteiger partial charge is 0.175 e. The van der Waals surface area contributed by atoms with Crippen LogP contribution in [0.15, 0.2) is 53.4 Å². The molecule has 0 aliphatic rings. The number of hydrogen-bond donors (Lipinski definition) is 2. The number of rotatable bonds is 4. The molecule has 0 atom stereocenters. The fourth-order valence-corrected chi connectivity index (χ4v) is 2.78. The van der Waals surface area contributed by atoms with E-state index in [1.54, 1.807) is 11.8 Å². The summed E-state index contributed by atoms with van der Waals surface area (Å²) in [5, 5.41) is 7.64. The summed E-state index contributed by atoms with van der Waals surface area (Å²) in [7, 11) is 0. The molecule has 0 bridgehead atoms. The number of para-hydroxylation sites is 1. The summed E-state index contributed by atoms with van der Waals surface area (Å²) in [6.07, 6.45) is 0. The molecule has 0 spiro atoms. The summed E-state index contributed by atoms with van der Waals surface area (Å²) >= 11 is 13.0. The summed E-state index contributed by atoms with van der Waals surface area (Å²) in [6, 6.07) is 15.6. The Bertz CT molecular complexity index is 585. The van der Waals surface area contributed by atoms with Gasteiger partial charge in [-0.1, -0.05) is 30.7 Å². The van der Waals surface area contributed by atoms with Crippen LogP contribution in [-0.4, -0.2) is 10.9 Å². The van der Waals surface area contributed by atoms with Crippen molar-refractivity contribution in [2.45, 2.75) is 11.8 Å². The summed E-state index contributed by atoms with van der Waals surface area (Å²) < 4.78 is 0. The number of halogens is 1. The highest BCUT2D eigenvalue weighted by Gasteiger charge is 2.04. The minimum absolute atomic E-state index is 0.566. The topological polar surface area (TPSA) is 24.1 Å². The highest BCUT2D eigenvalue weighted by atomic mass is 35.5. The lowest BCUT2D eigenvalue weighted by Crippen LogP contribution is -2.19. The molecule has 0 unspecified atom stereocenters. The molecular formula is C15H15ClN2S2. The van der Waals surface area contributed by atoms with Crippen molar-refractivity contribution in [2.24, 2.45) is 0 Å². The Morgan fingerprint density at radius 3 is 2.50 bits per heavy atom. The Hall–Kier alpha value is -1.23. The highest BCUT2D eigenvalue weighted by Crippen LogP contribution is 2.26. The first-order chi connectivity index (χ1) is 9.69. The van der Waals surface area contributed by atoms with Gasteiger partial charge in [0.2, 0.25) is 0 Å². The molecule has 2 aromatic carbocycles. The molecule has 104 valence electrons. The van der Waals surface area contributed by atoms with Crippen molar-refractivity contribution in [1.29, 1.82) is 0 Å². The lowest BCUT2D eigenvalue weighted by atomic mass is 10.3. The van der Waals surface area contributed by atoms with Crippen LogP contribution in [0.3, 0.4) is 0 Å². The lowest BCUT2D eigenvalue weighted by Gasteiger charge is -2.13. The molecule has 20 heavy (non-hydrogen) atoms. The summed E-state index contributed by atoms with van der Waals surface area (Å²) in [5.74, 6) is 1.02. The first kappa shape index (κ1) is 15.2. The van der Waals surface area contributed by atoms with Crippen LogP contribution >= 0.6 is 35.6 Å². The maximum atomic E-state index is 5.85. The minimum atomic E-state index is 0.566. The zero-order valence-corrected chi connectivity index (χ0v) is 13.4. The number of thioether (sulfide) groups is 1. The molecule has 0 aromatic heterocycles. The maximum Gasteiger partial charge on any atom is 0.175 e. The summed E-state index contributed by atoms with van der Waals surface area (Å²) in [4.78, 5) is 1.19. The van der Waals surface area contributed by atoms with Gasteiger partial charge < -0.3 is 10.6 Å². The molecule has 2 rings (SSSR count). The fraction of sp³-hybridized carbons (Fsp3) is 0.133. The third kappa shape index (κ3) is 4.40. The van der Waals surface area contributed by atoms with Crippen molar-refractivity contribution < 1.29 is 0 Å². The molecular weight excluding hydrogens is 308 g/mol. The molecule has 5 heteroatoms. The van der Waals surface area contributed by atoms with E-state index in [1.807, 2.05) is 42.5 Å².